The molecule has 19 heavy (non-hydrogen) atoms. The third-order valence-corrected chi connectivity index (χ3v) is 2.85. The zero-order valence-electron chi connectivity index (χ0n) is 10.4. The van der Waals surface area contributed by atoms with Gasteiger partial charge in [-0.2, -0.15) is 18.3 Å². The highest BCUT2D eigenvalue weighted by atomic mass is 19.4. The van der Waals surface area contributed by atoms with Crippen LogP contribution in [-0.2, 0) is 19.3 Å². The van der Waals surface area contributed by atoms with Crippen molar-refractivity contribution in [1.29, 1.82) is 0 Å². The van der Waals surface area contributed by atoms with Crippen LogP contribution in [0, 0.1) is 0 Å². The average molecular weight is 269 g/mol. The van der Waals surface area contributed by atoms with Crippen LogP contribution in [0.15, 0.2) is 30.3 Å². The van der Waals surface area contributed by atoms with E-state index >= 15 is 0 Å². The van der Waals surface area contributed by atoms with Gasteiger partial charge in [0.1, 0.15) is 0 Å². The normalized spacial score (nSPS) is 11.8. The van der Waals surface area contributed by atoms with Gasteiger partial charge in [-0.25, -0.2) is 0 Å². The minimum atomic E-state index is -4.31. The summed E-state index contributed by atoms with van der Waals surface area (Å²) in [6.45, 7) is 2.86. The first-order valence-electron chi connectivity index (χ1n) is 5.90. The SMILES string of the molecule is CCn1nc(CN)cc1-c1ccc(C(F)(F)F)cc1. The standard InChI is InChI=1S/C13H14F3N3/c1-2-19-12(7-11(8-17)18-19)9-3-5-10(6-4-9)13(14,15)16/h3-7H,2,8,17H2,1H3. The van der Waals surface area contributed by atoms with Gasteiger partial charge < -0.3 is 5.73 Å². The van der Waals surface area contributed by atoms with Crippen LogP contribution in [0.3, 0.4) is 0 Å². The summed E-state index contributed by atoms with van der Waals surface area (Å²) in [6.07, 6.45) is -4.31. The molecular weight excluding hydrogens is 255 g/mol. The zero-order chi connectivity index (χ0) is 14.0. The lowest BCUT2D eigenvalue weighted by Crippen LogP contribution is -2.05. The number of aromatic nitrogens is 2. The molecular formula is C13H14F3N3. The minimum absolute atomic E-state index is 0.306. The van der Waals surface area contributed by atoms with Crippen molar-refractivity contribution in [3.05, 3.63) is 41.6 Å². The lowest BCUT2D eigenvalue weighted by Gasteiger charge is -2.08. The fraction of sp³-hybridized carbons (Fsp3) is 0.308. The van der Waals surface area contributed by atoms with Gasteiger partial charge in [0.2, 0.25) is 0 Å². The Morgan fingerprint density at radius 2 is 1.84 bits per heavy atom. The summed E-state index contributed by atoms with van der Waals surface area (Å²) < 4.78 is 39.2. The van der Waals surface area contributed by atoms with Crippen molar-refractivity contribution >= 4 is 0 Å². The van der Waals surface area contributed by atoms with E-state index in [-0.39, 0.29) is 0 Å². The van der Waals surface area contributed by atoms with Crippen LogP contribution in [0.2, 0.25) is 0 Å². The number of alkyl halides is 3. The minimum Gasteiger partial charge on any atom is -0.325 e. The Hall–Kier alpha value is -1.82. The van der Waals surface area contributed by atoms with Crippen molar-refractivity contribution in [3.63, 3.8) is 0 Å². The molecule has 0 aliphatic carbocycles. The Kier molecular flexibility index (Phi) is 3.61. The Bertz CT molecular complexity index is 556. The van der Waals surface area contributed by atoms with Gasteiger partial charge in [-0.3, -0.25) is 4.68 Å². The van der Waals surface area contributed by atoms with Crippen LogP contribution in [-0.4, -0.2) is 9.78 Å². The smallest absolute Gasteiger partial charge is 0.325 e. The van der Waals surface area contributed by atoms with Crippen LogP contribution in [0.5, 0.6) is 0 Å². The molecule has 2 rings (SSSR count). The third-order valence-electron chi connectivity index (χ3n) is 2.85. The van der Waals surface area contributed by atoms with Crippen molar-refractivity contribution in [2.45, 2.75) is 26.2 Å². The summed E-state index contributed by atoms with van der Waals surface area (Å²) in [7, 11) is 0. The summed E-state index contributed by atoms with van der Waals surface area (Å²) in [5, 5.41) is 4.26. The molecule has 102 valence electrons. The van der Waals surface area contributed by atoms with E-state index < -0.39 is 11.7 Å². The van der Waals surface area contributed by atoms with E-state index in [2.05, 4.69) is 5.10 Å². The molecule has 0 radical (unpaired) electrons. The first-order valence-corrected chi connectivity index (χ1v) is 5.90. The molecule has 0 aliphatic rings. The van der Waals surface area contributed by atoms with Crippen molar-refractivity contribution in [2.75, 3.05) is 0 Å². The molecule has 0 saturated heterocycles. The van der Waals surface area contributed by atoms with Gasteiger partial charge >= 0.3 is 6.18 Å². The first-order chi connectivity index (χ1) is 8.95. The maximum absolute atomic E-state index is 12.5. The highest BCUT2D eigenvalue weighted by Gasteiger charge is 2.30. The molecule has 3 nitrogen and oxygen atoms in total. The van der Waals surface area contributed by atoms with Crippen LogP contribution in [0.4, 0.5) is 13.2 Å². The molecule has 0 aliphatic heterocycles. The number of aryl methyl sites for hydroxylation is 1. The van der Waals surface area contributed by atoms with Gasteiger partial charge in [-0.15, -0.1) is 0 Å². The van der Waals surface area contributed by atoms with Crippen molar-refractivity contribution in [1.82, 2.24) is 9.78 Å². The van der Waals surface area contributed by atoms with Crippen LogP contribution in [0.1, 0.15) is 18.2 Å². The molecule has 6 heteroatoms. The number of benzene rings is 1. The van der Waals surface area contributed by atoms with Gasteiger partial charge in [-0.05, 0) is 30.7 Å². The third kappa shape index (κ3) is 2.78. The van der Waals surface area contributed by atoms with E-state index in [4.69, 9.17) is 5.73 Å². The van der Waals surface area contributed by atoms with Gasteiger partial charge in [0.05, 0.1) is 17.0 Å². The summed E-state index contributed by atoms with van der Waals surface area (Å²) >= 11 is 0. The second-order valence-corrected chi connectivity index (χ2v) is 4.12. The Morgan fingerprint density at radius 3 is 2.32 bits per heavy atom. The van der Waals surface area contributed by atoms with Crippen molar-refractivity contribution < 1.29 is 13.2 Å². The number of hydrogen-bond acceptors (Lipinski definition) is 2. The molecule has 0 unspecified atom stereocenters. The van der Waals surface area contributed by atoms with Gasteiger partial charge in [0.15, 0.2) is 0 Å². The summed E-state index contributed by atoms with van der Waals surface area (Å²) in [5.74, 6) is 0. The highest BCUT2D eigenvalue weighted by molar-refractivity contribution is 5.60. The van der Waals surface area contributed by atoms with E-state index in [0.29, 0.717) is 18.7 Å². The lowest BCUT2D eigenvalue weighted by atomic mass is 10.1. The van der Waals surface area contributed by atoms with Crippen LogP contribution < -0.4 is 5.73 Å². The Morgan fingerprint density at radius 1 is 1.21 bits per heavy atom. The largest absolute Gasteiger partial charge is 0.416 e. The Balaban J connectivity index is 2.39. The quantitative estimate of drug-likeness (QED) is 0.930. The summed E-state index contributed by atoms with van der Waals surface area (Å²) in [4.78, 5) is 0. The van der Waals surface area contributed by atoms with E-state index in [9.17, 15) is 13.2 Å². The molecule has 0 bridgehead atoms. The molecule has 0 spiro atoms. The van der Waals surface area contributed by atoms with E-state index in [0.717, 1.165) is 23.5 Å². The van der Waals surface area contributed by atoms with Gasteiger partial charge in [0, 0.05) is 13.1 Å². The fourth-order valence-corrected chi connectivity index (χ4v) is 1.87. The summed E-state index contributed by atoms with van der Waals surface area (Å²) in [5.41, 5.74) is 7.06. The molecule has 2 N–H and O–H groups in total. The summed E-state index contributed by atoms with van der Waals surface area (Å²) in [6, 6.07) is 6.85. The second kappa shape index (κ2) is 5.05. The molecule has 0 amide bonds. The monoisotopic (exact) mass is 269 g/mol. The molecule has 0 fully saturated rings. The topological polar surface area (TPSA) is 43.8 Å². The second-order valence-electron chi connectivity index (χ2n) is 4.12. The van der Waals surface area contributed by atoms with Crippen LogP contribution in [0.25, 0.3) is 11.3 Å². The van der Waals surface area contributed by atoms with E-state index in [1.165, 1.54) is 12.1 Å². The van der Waals surface area contributed by atoms with Crippen molar-refractivity contribution in [3.8, 4) is 11.3 Å². The number of rotatable bonds is 3. The molecule has 1 aromatic heterocycles. The van der Waals surface area contributed by atoms with Gasteiger partial charge in [-0.1, -0.05) is 12.1 Å². The molecule has 2 aromatic rings. The van der Waals surface area contributed by atoms with E-state index in [1.807, 2.05) is 6.92 Å². The van der Waals surface area contributed by atoms with Crippen molar-refractivity contribution in [2.24, 2.45) is 5.73 Å². The average Bonchev–Trinajstić information content (AvgIpc) is 2.81. The maximum atomic E-state index is 12.5. The predicted octanol–water partition coefficient (Wildman–Crippen LogP) is 3.05. The van der Waals surface area contributed by atoms with Gasteiger partial charge in [0.25, 0.3) is 0 Å². The first kappa shape index (κ1) is 13.6. The highest BCUT2D eigenvalue weighted by Crippen LogP contribution is 2.31. The predicted molar refractivity (Wildman–Crippen MR) is 66.2 cm³/mol. The number of nitrogens with two attached hydrogens (primary N) is 1. The van der Waals surface area contributed by atoms with Crippen LogP contribution >= 0.6 is 0 Å². The maximum Gasteiger partial charge on any atom is 0.416 e. The Labute approximate surface area is 108 Å². The fourth-order valence-electron chi connectivity index (χ4n) is 1.87. The lowest BCUT2D eigenvalue weighted by molar-refractivity contribution is -0.137. The number of halogens is 3. The zero-order valence-corrected chi connectivity index (χ0v) is 10.4. The molecule has 0 atom stereocenters. The molecule has 1 aromatic carbocycles. The van der Waals surface area contributed by atoms with E-state index in [1.54, 1.807) is 10.7 Å². The number of nitrogens with zero attached hydrogens (tertiary/aromatic N) is 2. The molecule has 0 saturated carbocycles. The number of hydrogen-bond donors (Lipinski definition) is 1. The molecule has 1 heterocycles.